The highest BCUT2D eigenvalue weighted by atomic mass is 19.1. The van der Waals surface area contributed by atoms with E-state index in [1.807, 2.05) is 4.90 Å². The first kappa shape index (κ1) is 32.6. The van der Waals surface area contributed by atoms with Crippen LogP contribution in [0.1, 0.15) is 52.9 Å². The summed E-state index contributed by atoms with van der Waals surface area (Å²) in [7, 11) is 0. The number of ether oxygens (including phenoxy) is 1. The molecule has 0 aromatic carbocycles. The first-order chi connectivity index (χ1) is 20.7. The van der Waals surface area contributed by atoms with Crippen molar-refractivity contribution in [1.29, 1.82) is 0 Å². The number of aliphatic hydroxyl groups is 2. The molecule has 244 valence electrons. The minimum atomic E-state index is -2.06. The Balaban J connectivity index is 1.19. The van der Waals surface area contributed by atoms with Crippen molar-refractivity contribution in [2.75, 3.05) is 52.5 Å². The van der Waals surface area contributed by atoms with E-state index in [1.165, 1.54) is 12.2 Å². The van der Waals surface area contributed by atoms with Gasteiger partial charge in [0.15, 0.2) is 18.1 Å². The molecule has 12 nitrogen and oxygen atoms in total. The van der Waals surface area contributed by atoms with Crippen LogP contribution in [0.2, 0.25) is 0 Å². The van der Waals surface area contributed by atoms with Gasteiger partial charge in [0.05, 0.1) is 19.3 Å². The van der Waals surface area contributed by atoms with Gasteiger partial charge in [-0.25, -0.2) is 4.39 Å². The summed E-state index contributed by atoms with van der Waals surface area (Å²) in [6.07, 6.45) is 4.57. The molecule has 0 amide bonds. The third-order valence-electron chi connectivity index (χ3n) is 11.6. The number of piperazine rings is 1. The summed E-state index contributed by atoms with van der Waals surface area (Å²) in [6, 6.07) is 0. The van der Waals surface area contributed by atoms with Gasteiger partial charge in [0, 0.05) is 49.5 Å². The maximum absolute atomic E-state index is 17.3. The van der Waals surface area contributed by atoms with Crippen LogP contribution in [0.5, 0.6) is 0 Å². The van der Waals surface area contributed by atoms with Crippen LogP contribution in [0.4, 0.5) is 4.39 Å². The Bertz CT molecular complexity index is 1250. The summed E-state index contributed by atoms with van der Waals surface area (Å²) in [5, 5.41) is 33.0. The highest BCUT2D eigenvalue weighted by Crippen LogP contribution is 2.70. The van der Waals surface area contributed by atoms with E-state index < -0.39 is 69.4 Å². The fourth-order valence-electron chi connectivity index (χ4n) is 9.22. The zero-order chi connectivity index (χ0) is 32.1. The molecule has 2 N–H and O–H groups in total. The van der Waals surface area contributed by atoms with Gasteiger partial charge in [-0.1, -0.05) is 25.5 Å². The number of alkyl halides is 1. The monoisotopic (exact) mass is 621 g/mol. The third-order valence-corrected chi connectivity index (χ3v) is 11.6. The Morgan fingerprint density at radius 3 is 2.55 bits per heavy atom. The van der Waals surface area contributed by atoms with Crippen LogP contribution in [-0.2, 0) is 24.0 Å². The summed E-state index contributed by atoms with van der Waals surface area (Å²) in [5.41, 5.74) is -5.61. The molecule has 0 radical (unpaired) electrons. The lowest BCUT2D eigenvalue weighted by Gasteiger charge is -2.62. The molecular formula is C31H44FN3O9. The molecule has 4 aliphatic carbocycles. The van der Waals surface area contributed by atoms with Crippen molar-refractivity contribution < 1.29 is 43.6 Å². The van der Waals surface area contributed by atoms with E-state index in [0.717, 1.165) is 0 Å². The number of ketones is 2. The van der Waals surface area contributed by atoms with E-state index >= 15 is 4.39 Å². The molecule has 0 unspecified atom stereocenters. The molecule has 1 heterocycles. The van der Waals surface area contributed by atoms with Crippen LogP contribution in [0, 0.1) is 38.7 Å². The molecule has 3 saturated carbocycles. The van der Waals surface area contributed by atoms with E-state index in [4.69, 9.17) is 4.74 Å². The fraction of sp³-hybridized carbons (Fsp3) is 0.774. The number of esters is 1. The summed E-state index contributed by atoms with van der Waals surface area (Å²) in [6.45, 7) is 7.79. The summed E-state index contributed by atoms with van der Waals surface area (Å²) in [5.74, 6) is -3.01. The highest BCUT2D eigenvalue weighted by Gasteiger charge is 2.75. The number of Topliss-reactive ketones (excluding diaryl/α,β-unsaturated/α-hetero) is 1. The lowest BCUT2D eigenvalue weighted by molar-refractivity contribution is -0.757. The van der Waals surface area contributed by atoms with Gasteiger partial charge in [0.2, 0.25) is 5.78 Å². The van der Waals surface area contributed by atoms with Gasteiger partial charge in [-0.3, -0.25) is 19.3 Å². The number of allylic oxidation sites excluding steroid dienone is 4. The van der Waals surface area contributed by atoms with Crippen LogP contribution in [0.15, 0.2) is 23.8 Å². The van der Waals surface area contributed by atoms with Crippen molar-refractivity contribution in [1.82, 2.24) is 9.80 Å². The number of halogens is 1. The summed E-state index contributed by atoms with van der Waals surface area (Å²) in [4.78, 5) is 57.1. The van der Waals surface area contributed by atoms with Gasteiger partial charge in [-0.2, -0.15) is 0 Å². The summed E-state index contributed by atoms with van der Waals surface area (Å²) >= 11 is 0. The molecule has 0 bridgehead atoms. The highest BCUT2D eigenvalue weighted by molar-refractivity contribution is 6.01. The molecule has 5 rings (SSSR count). The average Bonchev–Trinajstić information content (AvgIpc) is 3.17. The number of carbonyl (C=O) groups excluding carboxylic acids is 3. The second-order valence-electron chi connectivity index (χ2n) is 13.8. The minimum Gasteiger partial charge on any atom is -0.457 e. The normalized spacial score (nSPS) is 40.4. The first-order valence-electron chi connectivity index (χ1n) is 15.6. The molecule has 1 saturated heterocycles. The van der Waals surface area contributed by atoms with Crippen LogP contribution < -0.4 is 0 Å². The Kier molecular flexibility index (Phi) is 8.82. The number of hydrogen-bond donors (Lipinski definition) is 2. The van der Waals surface area contributed by atoms with Crippen molar-refractivity contribution in [3.63, 3.8) is 0 Å². The second-order valence-corrected chi connectivity index (χ2v) is 13.8. The molecule has 13 heteroatoms. The predicted molar refractivity (Wildman–Crippen MR) is 154 cm³/mol. The summed E-state index contributed by atoms with van der Waals surface area (Å²) < 4.78 is 22.7. The number of aliphatic hydroxyl groups excluding tert-OH is 1. The van der Waals surface area contributed by atoms with Crippen molar-refractivity contribution >= 4 is 17.5 Å². The molecule has 5 aliphatic rings. The Morgan fingerprint density at radius 2 is 1.86 bits per heavy atom. The van der Waals surface area contributed by atoms with Gasteiger partial charge in [-0.05, 0) is 63.0 Å². The Hall–Kier alpha value is -2.74. The van der Waals surface area contributed by atoms with Crippen molar-refractivity contribution in [2.45, 2.75) is 70.2 Å². The zero-order valence-electron chi connectivity index (χ0n) is 25.7. The number of rotatable bonds is 10. The molecule has 0 aromatic rings. The van der Waals surface area contributed by atoms with Crippen LogP contribution in [0.25, 0.3) is 0 Å². The number of hydrogen-bond acceptors (Lipinski definition) is 11. The largest absolute Gasteiger partial charge is 0.457 e. The fourth-order valence-corrected chi connectivity index (χ4v) is 9.22. The Morgan fingerprint density at radius 1 is 1.18 bits per heavy atom. The number of fused-ring (bicyclic) bond motifs is 5. The van der Waals surface area contributed by atoms with Crippen molar-refractivity contribution in [3.05, 3.63) is 33.9 Å². The lowest BCUT2D eigenvalue weighted by Crippen LogP contribution is -2.69. The topological polar surface area (TPSA) is 160 Å². The van der Waals surface area contributed by atoms with E-state index in [0.29, 0.717) is 64.0 Å². The average molecular weight is 622 g/mol. The van der Waals surface area contributed by atoms with Crippen molar-refractivity contribution in [2.24, 2.45) is 28.6 Å². The number of nitrogens with zero attached hydrogens (tertiary/aromatic N) is 3. The minimum absolute atomic E-state index is 0.0188. The lowest BCUT2D eigenvalue weighted by atomic mass is 9.44. The van der Waals surface area contributed by atoms with Crippen LogP contribution in [0.3, 0.4) is 0 Å². The van der Waals surface area contributed by atoms with E-state index in [-0.39, 0.29) is 25.4 Å². The van der Waals surface area contributed by atoms with E-state index in [1.54, 1.807) is 26.8 Å². The molecule has 8 atom stereocenters. The molecule has 1 aliphatic heterocycles. The van der Waals surface area contributed by atoms with Crippen molar-refractivity contribution in [3.8, 4) is 0 Å². The standard InChI is InChI=1S/C31H44FN3O9/c1-20-15-24-23-6-5-21-16-22(36)7-8-28(21,2)30(23,32)25(37)17-29(24,3)31(20,40)26(38)19-43-27(39)18-34-12-10-33(11-13-34)9-4-14-44-35(41)42/h7-8,16,20,23-25,37,40H,4-6,9-15,17-19H2,1-3H3/t20-,23+,24+,25+,28+,29+,30+,31+/m1/s1. The van der Waals surface area contributed by atoms with E-state index in [2.05, 4.69) is 9.74 Å². The second kappa shape index (κ2) is 11.9. The SMILES string of the molecule is C[C@@H]1C[C@H]2[C@@H]3CCC4=CC(=O)C=C[C@]4(C)[C@@]3(F)[C@@H](O)C[C@]2(C)[C@@]1(O)C(=O)COC(=O)CN1CCN(CCCO[N+](=O)[O-])CC1. The number of carbonyl (C=O) groups is 3. The Labute approximate surface area is 256 Å². The van der Waals surface area contributed by atoms with Gasteiger partial charge in [0.1, 0.15) is 5.60 Å². The quantitative estimate of drug-likeness (QED) is 0.158. The van der Waals surface area contributed by atoms with Gasteiger partial charge in [0.25, 0.3) is 5.09 Å². The smallest absolute Gasteiger partial charge is 0.320 e. The van der Waals surface area contributed by atoms with Gasteiger partial charge < -0.3 is 24.7 Å². The molecule has 0 aromatic heterocycles. The van der Waals surface area contributed by atoms with E-state index in [9.17, 15) is 34.7 Å². The molecule has 0 spiro atoms. The maximum atomic E-state index is 17.3. The zero-order valence-corrected chi connectivity index (χ0v) is 25.7. The predicted octanol–water partition coefficient (Wildman–Crippen LogP) is 1.66. The van der Waals surface area contributed by atoms with Gasteiger partial charge in [-0.15, -0.1) is 10.1 Å². The molecule has 4 fully saturated rings. The maximum Gasteiger partial charge on any atom is 0.320 e. The van der Waals surface area contributed by atoms with Crippen LogP contribution >= 0.6 is 0 Å². The van der Waals surface area contributed by atoms with Gasteiger partial charge >= 0.3 is 5.97 Å². The molecular weight excluding hydrogens is 577 g/mol. The van der Waals surface area contributed by atoms with Crippen LogP contribution in [-0.4, -0.2) is 112 Å². The third kappa shape index (κ3) is 5.19. The molecule has 44 heavy (non-hydrogen) atoms. The first-order valence-corrected chi connectivity index (χ1v) is 15.6.